The lowest BCUT2D eigenvalue weighted by Crippen LogP contribution is -2.52. The van der Waals surface area contributed by atoms with Crippen LogP contribution in [0.2, 0.25) is 0 Å². The smallest absolute Gasteiger partial charge is 0.408 e. The fourth-order valence-electron chi connectivity index (χ4n) is 10.9. The number of nitrogens with one attached hydrogen (secondary N) is 6. The van der Waals surface area contributed by atoms with Gasteiger partial charge >= 0.3 is 18.2 Å². The van der Waals surface area contributed by atoms with Crippen LogP contribution in [-0.4, -0.2) is 153 Å². The monoisotopic (exact) mass is 1250 g/mol. The van der Waals surface area contributed by atoms with Crippen molar-refractivity contribution in [1.29, 1.82) is 0 Å². The molecule has 2 fully saturated rings. The van der Waals surface area contributed by atoms with Crippen molar-refractivity contribution in [3.63, 3.8) is 0 Å². The van der Waals surface area contributed by atoms with Crippen LogP contribution in [-0.2, 0) is 12.8 Å². The molecular weight excluding hydrogens is 1170 g/mol. The van der Waals surface area contributed by atoms with Gasteiger partial charge in [0.25, 0.3) is 11.8 Å². The number of urea groups is 2. The fourth-order valence-corrected chi connectivity index (χ4v) is 10.9. The second-order valence-electron chi connectivity index (χ2n) is 23.6. The van der Waals surface area contributed by atoms with E-state index in [9.17, 15) is 29.1 Å². The average molecular weight is 1250 g/mol. The zero-order valence-electron chi connectivity index (χ0n) is 52.6. The maximum Gasteiger partial charge on any atom is 0.408 e. The Morgan fingerprint density at radius 3 is 1.40 bits per heavy atom. The van der Waals surface area contributed by atoms with Crippen molar-refractivity contribution in [3.05, 3.63) is 228 Å². The first-order valence-electron chi connectivity index (χ1n) is 31.1. The van der Waals surface area contributed by atoms with Gasteiger partial charge in [0, 0.05) is 171 Å². The molecule has 8 aromatic rings. The van der Waals surface area contributed by atoms with E-state index in [1.54, 1.807) is 73.8 Å². The second-order valence-corrected chi connectivity index (χ2v) is 23.6. The Balaban J connectivity index is 0.000000222. The van der Waals surface area contributed by atoms with E-state index in [1.165, 1.54) is 4.90 Å². The molecule has 4 aromatic heterocycles. The number of rotatable bonds is 19. The van der Waals surface area contributed by atoms with Crippen LogP contribution in [0, 0.1) is 23.7 Å². The Bertz CT molecular complexity index is 3930. The number of likely N-dealkylation sites (tertiary alicyclic amines) is 2. The fraction of sp³-hybridized carbons (Fsp3) is 0.274. The number of amides is 7. The number of hydrogen-bond donors (Lipinski definition) is 8. The molecule has 0 spiro atoms. The lowest BCUT2D eigenvalue weighted by Gasteiger charge is -2.38. The van der Waals surface area contributed by atoms with Gasteiger partial charge in [-0.25, -0.2) is 14.4 Å². The maximum atomic E-state index is 12.9. The van der Waals surface area contributed by atoms with Crippen molar-refractivity contribution in [2.45, 2.75) is 64.1 Å². The number of benzene rings is 4. The Morgan fingerprint density at radius 2 is 0.989 bits per heavy atom. The number of carbonyl (C=O) groups is 5. The predicted octanol–water partition coefficient (Wildman–Crippen LogP) is 9.16. The van der Waals surface area contributed by atoms with Crippen LogP contribution in [0.3, 0.4) is 0 Å². The highest BCUT2D eigenvalue weighted by Gasteiger charge is 2.37. The highest BCUT2D eigenvalue weighted by Crippen LogP contribution is 2.28. The molecule has 2 atom stereocenters. The third-order valence-electron chi connectivity index (χ3n) is 15.6. The van der Waals surface area contributed by atoms with Crippen LogP contribution in [0.1, 0.15) is 87.7 Å². The summed E-state index contributed by atoms with van der Waals surface area (Å²) in [6, 6.07) is 40.5. The van der Waals surface area contributed by atoms with Gasteiger partial charge in [0.05, 0.1) is 0 Å². The summed E-state index contributed by atoms with van der Waals surface area (Å²) in [4.78, 5) is 84.9. The normalized spacial score (nSPS) is 14.3. The number of aromatic nitrogens is 4. The molecule has 0 saturated carbocycles. The van der Waals surface area contributed by atoms with E-state index in [4.69, 9.17) is 5.73 Å². The van der Waals surface area contributed by atoms with Crippen LogP contribution in [0.15, 0.2) is 183 Å². The van der Waals surface area contributed by atoms with Crippen LogP contribution in [0.25, 0.3) is 22.3 Å². The molecule has 20 nitrogen and oxygen atoms in total. The number of hydrogen-bond acceptors (Lipinski definition) is 12. The molecule has 476 valence electrons. The highest BCUT2D eigenvalue weighted by molar-refractivity contribution is 5.95. The third kappa shape index (κ3) is 20.6. The molecule has 0 aliphatic carbocycles. The molecular formula is C73H78N14O6. The number of anilines is 2. The van der Waals surface area contributed by atoms with E-state index in [0.29, 0.717) is 74.6 Å². The van der Waals surface area contributed by atoms with Gasteiger partial charge in [-0.15, -0.1) is 0 Å². The summed E-state index contributed by atoms with van der Waals surface area (Å²) < 4.78 is 0. The first kappa shape index (κ1) is 66.6. The minimum absolute atomic E-state index is 0.0656. The standard InChI is InChI=1S/C39H43N7O4.C34H35N7O2/c1-39(2,3)46(38(49)50)34-17-23-45(27-34)24-22-42-36(47)31-9-6-28(7-10-31)8-11-32-25-33(12-13-35(32)30-15-19-40-20-16-30)44-37(48)43-21-14-29-5-4-18-41-26-29;35-30-14-20-41(24-30)21-19-38-33(42)28-6-3-25(4-7-28)5-8-29-22-31(9-10-32(29)27-12-16-36-17-13-27)40-34(43)39-18-11-26-2-1-15-37-23-26/h4-7,9-10,12-13,15-16,18-20,25-26,34H,14,17,21-24,27H2,1-3H3,(H,42,47)(H,49,50)(H2,43,44,48);1-4,6-7,9-10,12-13,15-17,22-23,30H,11,14,18-21,24,35H2,(H,38,42)(H2,39,40,43). The predicted molar refractivity (Wildman–Crippen MR) is 362 cm³/mol. The summed E-state index contributed by atoms with van der Waals surface area (Å²) in [6.07, 6.45) is 16.2. The van der Waals surface area contributed by atoms with Crippen LogP contribution in [0.4, 0.5) is 25.8 Å². The molecule has 2 saturated heterocycles. The SMILES string of the molecule is CC(C)(C)N(C(=O)O)C1CCN(CCNC(=O)c2ccc(C#Cc3cc(NC(=O)NCCc4cccnc4)ccc3-c3ccncc3)cc2)C1.NC1CCN(CCNC(=O)c2ccc(C#Cc3cc(NC(=O)NCCc4cccnc4)ccc3-c3ccncc3)cc2)C1. The Morgan fingerprint density at radius 1 is 0.538 bits per heavy atom. The van der Waals surface area contributed by atoms with Crippen molar-refractivity contribution in [3.8, 4) is 45.9 Å². The quantitative estimate of drug-likeness (QED) is 0.0352. The van der Waals surface area contributed by atoms with E-state index in [0.717, 1.165) is 94.7 Å². The molecule has 2 unspecified atom stereocenters. The maximum absolute atomic E-state index is 12.9. The van der Waals surface area contributed by atoms with Crippen LogP contribution >= 0.6 is 0 Å². The summed E-state index contributed by atoms with van der Waals surface area (Å²) in [6.45, 7) is 12.5. The number of carbonyl (C=O) groups excluding carboxylic acids is 4. The highest BCUT2D eigenvalue weighted by atomic mass is 16.4. The average Bonchev–Trinajstić information content (AvgIpc) is 1.78. The lowest BCUT2D eigenvalue weighted by atomic mass is 9.99. The van der Waals surface area contributed by atoms with Crippen LogP contribution < -0.4 is 37.6 Å². The minimum Gasteiger partial charge on any atom is -0.465 e. The third-order valence-corrected chi connectivity index (χ3v) is 15.6. The number of carboxylic acid groups (broad SMARTS) is 1. The van der Waals surface area contributed by atoms with Gasteiger partial charge in [0.15, 0.2) is 0 Å². The number of nitrogens with two attached hydrogens (primary N) is 1. The van der Waals surface area contributed by atoms with Gasteiger partial charge in [-0.2, -0.15) is 0 Å². The molecule has 10 rings (SSSR count). The Kier molecular flexibility index (Phi) is 23.9. The van der Waals surface area contributed by atoms with Crippen molar-refractivity contribution in [1.82, 2.24) is 55.9 Å². The minimum atomic E-state index is -0.904. The van der Waals surface area contributed by atoms with E-state index in [1.807, 2.05) is 130 Å². The molecule has 9 N–H and O–H groups in total. The van der Waals surface area contributed by atoms with Gasteiger partial charge in [0.2, 0.25) is 0 Å². The first-order valence-corrected chi connectivity index (χ1v) is 31.1. The van der Waals surface area contributed by atoms with Gasteiger partial charge < -0.3 is 42.7 Å². The molecule has 93 heavy (non-hydrogen) atoms. The van der Waals surface area contributed by atoms with Gasteiger partial charge in [-0.05, 0) is 196 Å². The van der Waals surface area contributed by atoms with Gasteiger partial charge in [0.1, 0.15) is 0 Å². The molecule has 0 bridgehead atoms. The van der Waals surface area contributed by atoms with Crippen molar-refractivity contribution in [2.24, 2.45) is 5.73 Å². The van der Waals surface area contributed by atoms with E-state index < -0.39 is 11.6 Å². The van der Waals surface area contributed by atoms with Gasteiger partial charge in [-0.1, -0.05) is 47.9 Å². The second kappa shape index (κ2) is 33.3. The summed E-state index contributed by atoms with van der Waals surface area (Å²) in [5.41, 5.74) is 16.7. The first-order chi connectivity index (χ1) is 45.1. The molecule has 7 amide bonds. The van der Waals surface area contributed by atoms with Crippen molar-refractivity contribution < 1.29 is 29.1 Å². The Labute approximate surface area is 543 Å². The van der Waals surface area contributed by atoms with E-state index in [-0.39, 0.29) is 36.0 Å². The lowest BCUT2D eigenvalue weighted by molar-refractivity contribution is 0.0721. The van der Waals surface area contributed by atoms with E-state index >= 15 is 0 Å². The molecule has 0 radical (unpaired) electrons. The zero-order valence-corrected chi connectivity index (χ0v) is 52.6. The number of pyridine rings is 4. The molecule has 6 heterocycles. The zero-order chi connectivity index (χ0) is 65.4. The van der Waals surface area contributed by atoms with Crippen molar-refractivity contribution >= 4 is 41.3 Å². The molecule has 4 aromatic carbocycles. The number of nitrogens with zero attached hydrogens (tertiary/aromatic N) is 7. The van der Waals surface area contributed by atoms with E-state index in [2.05, 4.69) is 85.3 Å². The summed E-state index contributed by atoms with van der Waals surface area (Å²) in [7, 11) is 0. The molecule has 2 aliphatic heterocycles. The molecule has 20 heteroatoms. The largest absolute Gasteiger partial charge is 0.465 e. The van der Waals surface area contributed by atoms with Gasteiger partial charge in [-0.3, -0.25) is 44.2 Å². The van der Waals surface area contributed by atoms with Crippen molar-refractivity contribution in [2.75, 3.05) is 76.1 Å². The van der Waals surface area contributed by atoms with Crippen LogP contribution in [0.5, 0.6) is 0 Å². The topological polar surface area (TPSA) is 265 Å². The summed E-state index contributed by atoms with van der Waals surface area (Å²) >= 11 is 0. The molecule has 2 aliphatic rings. The summed E-state index contributed by atoms with van der Waals surface area (Å²) in [5, 5.41) is 27.2. The summed E-state index contributed by atoms with van der Waals surface area (Å²) in [5.74, 6) is 12.6. The Hall–Kier alpha value is -10.8.